The van der Waals surface area contributed by atoms with Gasteiger partial charge in [0.05, 0.1) is 25.4 Å². The average Bonchev–Trinajstić information content (AvgIpc) is 3.49. The van der Waals surface area contributed by atoms with Gasteiger partial charge in [-0.15, -0.1) is 0 Å². The van der Waals surface area contributed by atoms with Gasteiger partial charge in [-0.2, -0.15) is 0 Å². The molecule has 0 rings (SSSR count). The van der Waals surface area contributed by atoms with Crippen LogP contribution in [0.2, 0.25) is 0 Å². The lowest BCUT2D eigenvalue weighted by Gasteiger charge is -2.20. The Morgan fingerprint density at radius 3 is 0.916 bits per heavy atom. The zero-order valence-electron chi connectivity index (χ0n) is 56.2. The van der Waals surface area contributed by atoms with Crippen LogP contribution in [0.5, 0.6) is 0 Å². The molecule has 6 nitrogen and oxygen atoms in total. The van der Waals surface area contributed by atoms with Crippen LogP contribution >= 0.6 is 0 Å². The van der Waals surface area contributed by atoms with Crippen molar-refractivity contribution in [3.8, 4) is 0 Å². The molecule has 0 radical (unpaired) electrons. The lowest BCUT2D eigenvalue weighted by molar-refractivity contribution is -0.143. The van der Waals surface area contributed by atoms with Crippen molar-refractivity contribution in [2.75, 3.05) is 13.2 Å². The van der Waals surface area contributed by atoms with Gasteiger partial charge in [0.1, 0.15) is 0 Å². The second kappa shape index (κ2) is 72.6. The number of hydrogen-bond donors (Lipinski definition) is 3. The number of amides is 1. The molecule has 0 aromatic heterocycles. The molecule has 0 saturated carbocycles. The van der Waals surface area contributed by atoms with Crippen molar-refractivity contribution in [1.29, 1.82) is 0 Å². The lowest BCUT2D eigenvalue weighted by Crippen LogP contribution is -2.45. The van der Waals surface area contributed by atoms with Gasteiger partial charge in [0.25, 0.3) is 0 Å². The van der Waals surface area contributed by atoms with Crippen LogP contribution in [0.1, 0.15) is 418 Å². The Hall–Kier alpha value is -1.92. The van der Waals surface area contributed by atoms with E-state index >= 15 is 0 Å². The highest BCUT2D eigenvalue weighted by Gasteiger charge is 2.18. The van der Waals surface area contributed by atoms with Crippen LogP contribution in [0.25, 0.3) is 0 Å². The van der Waals surface area contributed by atoms with E-state index in [0.717, 1.165) is 44.9 Å². The summed E-state index contributed by atoms with van der Waals surface area (Å²) in [6.07, 6.45) is 93.8. The molecule has 2 unspecified atom stereocenters. The molecule has 0 fully saturated rings. The molecule has 83 heavy (non-hydrogen) atoms. The number of ether oxygens (including phenoxy) is 1. The van der Waals surface area contributed by atoms with Crippen molar-refractivity contribution in [2.24, 2.45) is 0 Å². The maximum absolute atomic E-state index is 12.5. The summed E-state index contributed by atoms with van der Waals surface area (Å²) >= 11 is 0. The van der Waals surface area contributed by atoms with Crippen LogP contribution in [0, 0.1) is 0 Å². The third kappa shape index (κ3) is 69.1. The Balaban J connectivity index is 3.41. The fourth-order valence-corrected chi connectivity index (χ4v) is 11.9. The van der Waals surface area contributed by atoms with Crippen LogP contribution in [0.3, 0.4) is 0 Å². The van der Waals surface area contributed by atoms with E-state index in [1.807, 2.05) is 6.08 Å². The van der Waals surface area contributed by atoms with Crippen molar-refractivity contribution in [2.45, 2.75) is 431 Å². The summed E-state index contributed by atoms with van der Waals surface area (Å²) in [5.74, 6) is -0.0487. The number of rotatable bonds is 71. The number of carbonyl (C=O) groups excluding carboxylic acids is 2. The number of carbonyl (C=O) groups is 2. The minimum absolute atomic E-state index is 0.0168. The standard InChI is InChI=1S/C77H147NO5/c1-3-5-7-9-11-13-15-17-19-21-34-37-41-45-49-53-57-61-65-69-75(80)74(73-79)78-76(81)70-66-62-58-54-50-46-42-38-35-32-30-28-26-24-23-25-27-29-31-33-36-40-44-48-52-56-60-64-68-72-83-77(82)71-67-63-59-55-51-47-43-39-22-20-18-16-14-12-10-8-6-4-2/h23,25,29,31,65,69,74-75,79-80H,3-22,24,26-28,30,32-64,66-68,70-73H2,1-2H3,(H,78,81)/b25-23-,31-29-,69-65+. The molecule has 0 aliphatic heterocycles. The van der Waals surface area contributed by atoms with E-state index < -0.39 is 12.1 Å². The highest BCUT2D eigenvalue weighted by atomic mass is 16.5. The number of hydrogen-bond acceptors (Lipinski definition) is 5. The SMILES string of the molecule is CCCCCCCCCCCCCCCCCCC/C=C/C(O)C(CO)NC(=O)CCCCCCCCCCCCCCC/C=C\C/C=C\CCCCCCCCCCCOC(=O)CCCCCCCCCCCCCCCCCCCC. The monoisotopic (exact) mass is 1170 g/mol. The van der Waals surface area contributed by atoms with E-state index in [0.29, 0.717) is 19.4 Å². The predicted molar refractivity (Wildman–Crippen MR) is 366 cm³/mol. The van der Waals surface area contributed by atoms with Crippen LogP contribution in [-0.2, 0) is 14.3 Å². The lowest BCUT2D eigenvalue weighted by atomic mass is 10.0. The molecule has 0 aromatic rings. The molecule has 0 aliphatic rings. The third-order valence-corrected chi connectivity index (χ3v) is 17.7. The van der Waals surface area contributed by atoms with Crippen LogP contribution < -0.4 is 5.32 Å². The fraction of sp³-hybridized carbons (Fsp3) is 0.896. The first-order chi connectivity index (χ1) is 41.0. The van der Waals surface area contributed by atoms with Crippen LogP contribution in [0.4, 0.5) is 0 Å². The Morgan fingerprint density at radius 2 is 0.602 bits per heavy atom. The van der Waals surface area contributed by atoms with Crippen molar-refractivity contribution in [3.63, 3.8) is 0 Å². The fourth-order valence-electron chi connectivity index (χ4n) is 11.9. The van der Waals surface area contributed by atoms with Gasteiger partial charge in [-0.1, -0.05) is 378 Å². The van der Waals surface area contributed by atoms with Crippen molar-refractivity contribution >= 4 is 11.9 Å². The molecule has 3 N–H and O–H groups in total. The van der Waals surface area contributed by atoms with E-state index in [1.54, 1.807) is 6.08 Å². The number of aliphatic hydroxyl groups excluding tert-OH is 2. The molecule has 1 amide bonds. The molecule has 490 valence electrons. The van der Waals surface area contributed by atoms with Gasteiger partial charge in [-0.25, -0.2) is 0 Å². The van der Waals surface area contributed by atoms with E-state index in [4.69, 9.17) is 4.74 Å². The van der Waals surface area contributed by atoms with Gasteiger partial charge in [-0.05, 0) is 64.2 Å². The smallest absolute Gasteiger partial charge is 0.305 e. The summed E-state index contributed by atoms with van der Waals surface area (Å²) in [5.41, 5.74) is 0. The van der Waals surface area contributed by atoms with Crippen molar-refractivity contribution < 1.29 is 24.5 Å². The normalized spacial score (nSPS) is 12.7. The largest absolute Gasteiger partial charge is 0.466 e. The minimum Gasteiger partial charge on any atom is -0.466 e. The number of aliphatic hydroxyl groups is 2. The first kappa shape index (κ1) is 81.1. The predicted octanol–water partition coefficient (Wildman–Crippen LogP) is 24.7. The first-order valence-corrected chi connectivity index (χ1v) is 37.8. The molecule has 6 heteroatoms. The number of esters is 1. The number of unbranched alkanes of at least 4 members (excludes halogenated alkanes) is 56. The first-order valence-electron chi connectivity index (χ1n) is 37.8. The average molecular weight is 1170 g/mol. The van der Waals surface area contributed by atoms with E-state index in [2.05, 4.69) is 43.5 Å². The Morgan fingerprint density at radius 1 is 0.337 bits per heavy atom. The van der Waals surface area contributed by atoms with Gasteiger partial charge >= 0.3 is 5.97 Å². The van der Waals surface area contributed by atoms with Crippen LogP contribution in [-0.4, -0.2) is 47.4 Å². The molecule has 0 bridgehead atoms. The molecule has 0 aliphatic carbocycles. The van der Waals surface area contributed by atoms with Crippen molar-refractivity contribution in [1.82, 2.24) is 5.32 Å². The molecule has 0 aromatic carbocycles. The Labute approximate surface area is 519 Å². The van der Waals surface area contributed by atoms with Gasteiger partial charge in [-0.3, -0.25) is 9.59 Å². The van der Waals surface area contributed by atoms with E-state index in [-0.39, 0.29) is 18.5 Å². The molecule has 0 heterocycles. The highest BCUT2D eigenvalue weighted by molar-refractivity contribution is 5.76. The minimum atomic E-state index is -0.846. The second-order valence-electron chi connectivity index (χ2n) is 26.0. The van der Waals surface area contributed by atoms with Gasteiger partial charge in [0.2, 0.25) is 5.91 Å². The molecular formula is C77H147NO5. The maximum atomic E-state index is 12.5. The van der Waals surface area contributed by atoms with Gasteiger partial charge in [0, 0.05) is 12.8 Å². The molecule has 2 atom stereocenters. The van der Waals surface area contributed by atoms with E-state index in [1.165, 1.54) is 347 Å². The van der Waals surface area contributed by atoms with Crippen LogP contribution in [0.15, 0.2) is 36.5 Å². The zero-order valence-corrected chi connectivity index (χ0v) is 56.2. The van der Waals surface area contributed by atoms with E-state index in [9.17, 15) is 19.8 Å². The Kier molecular flexibility index (Phi) is 70.9. The number of allylic oxidation sites excluding steroid dienone is 5. The maximum Gasteiger partial charge on any atom is 0.305 e. The third-order valence-electron chi connectivity index (χ3n) is 17.7. The summed E-state index contributed by atoms with van der Waals surface area (Å²) in [4.78, 5) is 24.6. The molecule has 0 saturated heterocycles. The summed E-state index contributed by atoms with van der Waals surface area (Å²) in [5, 5.41) is 23.2. The summed E-state index contributed by atoms with van der Waals surface area (Å²) in [6.45, 7) is 4.95. The quantitative estimate of drug-likeness (QED) is 0.0320. The second-order valence-corrected chi connectivity index (χ2v) is 26.0. The van der Waals surface area contributed by atoms with Crippen molar-refractivity contribution in [3.05, 3.63) is 36.5 Å². The topological polar surface area (TPSA) is 95.9 Å². The molecule has 0 spiro atoms. The number of nitrogens with one attached hydrogen (secondary N) is 1. The van der Waals surface area contributed by atoms with Gasteiger partial charge in [0.15, 0.2) is 0 Å². The Bertz CT molecular complexity index is 1340. The summed E-state index contributed by atoms with van der Waals surface area (Å²) < 4.78 is 5.51. The summed E-state index contributed by atoms with van der Waals surface area (Å²) in [7, 11) is 0. The highest BCUT2D eigenvalue weighted by Crippen LogP contribution is 2.19. The zero-order chi connectivity index (χ0) is 59.9. The van der Waals surface area contributed by atoms with Gasteiger partial charge < -0.3 is 20.3 Å². The molecular weight excluding hydrogens is 1020 g/mol. The summed E-state index contributed by atoms with van der Waals surface area (Å²) in [6, 6.07) is -0.630.